The molecule has 0 aliphatic heterocycles. The van der Waals surface area contributed by atoms with E-state index in [1.54, 1.807) is 56.5 Å². The van der Waals surface area contributed by atoms with Crippen molar-refractivity contribution in [3.8, 4) is 17.2 Å². The summed E-state index contributed by atoms with van der Waals surface area (Å²) in [6.45, 7) is 4.06. The standard InChI is InChI=1S/C21H24N2O5/c1-4-27-18-10-12-19(13-11-18)28-15(2)21(25)23-22-20(24)14-7-16-5-8-17(26-3)9-6-16/h5-15H,4H2,1-3H3,(H,22,24)(H,23,25)/b14-7+/t15-/m0/s1. The quantitative estimate of drug-likeness (QED) is 0.540. The van der Waals surface area contributed by atoms with Crippen LogP contribution in [0.25, 0.3) is 6.08 Å². The highest BCUT2D eigenvalue weighted by molar-refractivity contribution is 5.93. The summed E-state index contributed by atoms with van der Waals surface area (Å²) in [5, 5.41) is 0. The van der Waals surface area contributed by atoms with Crippen LogP contribution in [0.5, 0.6) is 17.2 Å². The topological polar surface area (TPSA) is 85.9 Å². The molecule has 2 amide bonds. The fourth-order valence-corrected chi connectivity index (χ4v) is 2.19. The van der Waals surface area contributed by atoms with Crippen molar-refractivity contribution in [1.82, 2.24) is 10.9 Å². The van der Waals surface area contributed by atoms with Crippen molar-refractivity contribution in [1.29, 1.82) is 0 Å². The number of methoxy groups -OCH3 is 1. The molecule has 0 saturated carbocycles. The van der Waals surface area contributed by atoms with E-state index in [9.17, 15) is 9.59 Å². The molecule has 0 fully saturated rings. The Kier molecular flexibility index (Phi) is 7.90. The van der Waals surface area contributed by atoms with Gasteiger partial charge in [0, 0.05) is 6.08 Å². The van der Waals surface area contributed by atoms with Gasteiger partial charge in [-0.15, -0.1) is 0 Å². The summed E-state index contributed by atoms with van der Waals surface area (Å²) in [4.78, 5) is 23.9. The number of carbonyl (C=O) groups excluding carboxylic acids is 2. The zero-order valence-corrected chi connectivity index (χ0v) is 16.1. The fraction of sp³-hybridized carbons (Fsp3) is 0.238. The lowest BCUT2D eigenvalue weighted by Crippen LogP contribution is -2.46. The van der Waals surface area contributed by atoms with Gasteiger partial charge in [0.2, 0.25) is 0 Å². The number of nitrogens with one attached hydrogen (secondary N) is 2. The van der Waals surface area contributed by atoms with Crippen molar-refractivity contribution >= 4 is 17.9 Å². The molecule has 7 nitrogen and oxygen atoms in total. The molecule has 2 aromatic rings. The predicted molar refractivity (Wildman–Crippen MR) is 106 cm³/mol. The molecule has 7 heteroatoms. The van der Waals surface area contributed by atoms with E-state index in [2.05, 4.69) is 10.9 Å². The Morgan fingerprint density at radius 2 is 1.57 bits per heavy atom. The Balaban J connectivity index is 1.78. The highest BCUT2D eigenvalue weighted by Gasteiger charge is 2.15. The maximum absolute atomic E-state index is 12.1. The largest absolute Gasteiger partial charge is 0.497 e. The van der Waals surface area contributed by atoms with Crippen LogP contribution in [0, 0.1) is 0 Å². The Morgan fingerprint density at radius 3 is 2.18 bits per heavy atom. The van der Waals surface area contributed by atoms with E-state index in [1.165, 1.54) is 6.08 Å². The molecular formula is C21H24N2O5. The maximum atomic E-state index is 12.1. The number of amides is 2. The van der Waals surface area contributed by atoms with Gasteiger partial charge in [0.15, 0.2) is 6.10 Å². The number of rotatable bonds is 8. The fourth-order valence-electron chi connectivity index (χ4n) is 2.19. The third kappa shape index (κ3) is 6.68. The van der Waals surface area contributed by atoms with Crippen LogP contribution in [-0.4, -0.2) is 31.6 Å². The predicted octanol–water partition coefficient (Wildman–Crippen LogP) is 2.72. The van der Waals surface area contributed by atoms with Gasteiger partial charge in [-0.05, 0) is 61.9 Å². The lowest BCUT2D eigenvalue weighted by molar-refractivity contribution is -0.131. The third-order valence-corrected chi connectivity index (χ3v) is 3.67. The molecule has 2 N–H and O–H groups in total. The van der Waals surface area contributed by atoms with Crippen LogP contribution in [0.2, 0.25) is 0 Å². The Hall–Kier alpha value is -3.48. The van der Waals surface area contributed by atoms with E-state index in [-0.39, 0.29) is 0 Å². The van der Waals surface area contributed by atoms with Gasteiger partial charge >= 0.3 is 0 Å². The van der Waals surface area contributed by atoms with Crippen molar-refractivity contribution in [2.24, 2.45) is 0 Å². The molecule has 0 bridgehead atoms. The van der Waals surface area contributed by atoms with E-state index in [4.69, 9.17) is 14.2 Å². The zero-order valence-electron chi connectivity index (χ0n) is 16.1. The minimum atomic E-state index is -0.788. The Morgan fingerprint density at radius 1 is 0.964 bits per heavy atom. The molecule has 28 heavy (non-hydrogen) atoms. The number of hydrazine groups is 1. The van der Waals surface area contributed by atoms with Crippen LogP contribution in [0.1, 0.15) is 19.4 Å². The van der Waals surface area contributed by atoms with E-state index < -0.39 is 17.9 Å². The first-order valence-corrected chi connectivity index (χ1v) is 8.83. The van der Waals surface area contributed by atoms with E-state index in [0.29, 0.717) is 12.4 Å². The monoisotopic (exact) mass is 384 g/mol. The summed E-state index contributed by atoms with van der Waals surface area (Å²) in [6, 6.07) is 14.2. The number of carbonyl (C=O) groups is 2. The summed E-state index contributed by atoms with van der Waals surface area (Å²) in [5.41, 5.74) is 5.48. The third-order valence-electron chi connectivity index (χ3n) is 3.67. The first-order chi connectivity index (χ1) is 13.5. The van der Waals surface area contributed by atoms with Gasteiger partial charge in [0.25, 0.3) is 11.8 Å². The van der Waals surface area contributed by atoms with E-state index in [0.717, 1.165) is 17.1 Å². The summed E-state index contributed by atoms with van der Waals surface area (Å²) in [5.74, 6) is 1.05. The second kappa shape index (κ2) is 10.6. The molecule has 0 saturated heterocycles. The second-order valence-electron chi connectivity index (χ2n) is 5.75. The van der Waals surface area contributed by atoms with Gasteiger partial charge in [-0.2, -0.15) is 0 Å². The summed E-state index contributed by atoms with van der Waals surface area (Å²) >= 11 is 0. The van der Waals surface area contributed by atoms with E-state index in [1.807, 2.05) is 19.1 Å². The molecule has 2 rings (SSSR count). The molecule has 0 aromatic heterocycles. The van der Waals surface area contributed by atoms with Gasteiger partial charge in [-0.3, -0.25) is 20.4 Å². The second-order valence-corrected chi connectivity index (χ2v) is 5.75. The van der Waals surface area contributed by atoms with Crippen LogP contribution < -0.4 is 25.1 Å². The molecular weight excluding hydrogens is 360 g/mol. The average Bonchev–Trinajstić information content (AvgIpc) is 2.72. The van der Waals surface area contributed by atoms with Crippen molar-refractivity contribution in [2.75, 3.05) is 13.7 Å². The highest BCUT2D eigenvalue weighted by Crippen LogP contribution is 2.18. The average molecular weight is 384 g/mol. The lowest BCUT2D eigenvalue weighted by atomic mass is 10.2. The van der Waals surface area contributed by atoms with E-state index >= 15 is 0 Å². The smallest absolute Gasteiger partial charge is 0.279 e. The summed E-state index contributed by atoms with van der Waals surface area (Å²) < 4.78 is 16.0. The molecule has 0 heterocycles. The Labute approximate surface area is 164 Å². The van der Waals surface area contributed by atoms with Crippen LogP contribution >= 0.6 is 0 Å². The Bertz CT molecular complexity index is 801. The van der Waals surface area contributed by atoms with Crippen molar-refractivity contribution in [3.05, 3.63) is 60.2 Å². The first-order valence-electron chi connectivity index (χ1n) is 8.83. The minimum Gasteiger partial charge on any atom is -0.497 e. The minimum absolute atomic E-state index is 0.461. The molecule has 0 radical (unpaired) electrons. The zero-order chi connectivity index (χ0) is 20.4. The van der Waals surface area contributed by atoms with Crippen LogP contribution in [0.4, 0.5) is 0 Å². The maximum Gasteiger partial charge on any atom is 0.279 e. The molecule has 2 aromatic carbocycles. The van der Waals surface area contributed by atoms with Gasteiger partial charge < -0.3 is 14.2 Å². The van der Waals surface area contributed by atoms with Gasteiger partial charge in [-0.25, -0.2) is 0 Å². The molecule has 0 aliphatic carbocycles. The van der Waals surface area contributed by atoms with Crippen LogP contribution in [0.15, 0.2) is 54.6 Å². The summed E-state index contributed by atoms with van der Waals surface area (Å²) in [6.07, 6.45) is 2.16. The molecule has 0 unspecified atom stereocenters. The van der Waals surface area contributed by atoms with Gasteiger partial charge in [-0.1, -0.05) is 12.1 Å². The molecule has 0 aliphatic rings. The lowest BCUT2D eigenvalue weighted by Gasteiger charge is -2.15. The first kappa shape index (κ1) is 20.8. The van der Waals surface area contributed by atoms with Gasteiger partial charge in [0.1, 0.15) is 17.2 Å². The SMILES string of the molecule is CCOc1ccc(O[C@@H](C)C(=O)NNC(=O)/C=C/c2ccc(OC)cc2)cc1. The number of ether oxygens (including phenoxy) is 3. The van der Waals surface area contributed by atoms with Crippen molar-refractivity contribution < 1.29 is 23.8 Å². The molecule has 0 spiro atoms. The number of hydrogen-bond donors (Lipinski definition) is 2. The highest BCUT2D eigenvalue weighted by atomic mass is 16.5. The van der Waals surface area contributed by atoms with Crippen molar-refractivity contribution in [3.63, 3.8) is 0 Å². The normalized spacial score (nSPS) is 11.5. The van der Waals surface area contributed by atoms with Gasteiger partial charge in [0.05, 0.1) is 13.7 Å². The molecule has 148 valence electrons. The summed E-state index contributed by atoms with van der Waals surface area (Å²) in [7, 11) is 1.58. The molecule has 1 atom stereocenters. The van der Waals surface area contributed by atoms with Crippen molar-refractivity contribution in [2.45, 2.75) is 20.0 Å². The number of hydrogen-bond acceptors (Lipinski definition) is 5. The van der Waals surface area contributed by atoms with Crippen LogP contribution in [-0.2, 0) is 9.59 Å². The number of benzene rings is 2. The van der Waals surface area contributed by atoms with Crippen LogP contribution in [0.3, 0.4) is 0 Å².